The lowest BCUT2D eigenvalue weighted by molar-refractivity contribution is 0.301. The molecule has 1 aromatic rings. The van der Waals surface area contributed by atoms with Gasteiger partial charge in [0.2, 0.25) is 0 Å². The molecule has 1 rings (SSSR count). The van der Waals surface area contributed by atoms with Crippen LogP contribution in [-0.4, -0.2) is 34.8 Å². The van der Waals surface area contributed by atoms with Gasteiger partial charge in [-0.2, -0.15) is 0 Å². The number of anilines is 1. The molecule has 0 aliphatic heterocycles. The second-order valence-electron chi connectivity index (χ2n) is 4.62. The van der Waals surface area contributed by atoms with E-state index in [0.29, 0.717) is 11.7 Å². The van der Waals surface area contributed by atoms with E-state index in [-0.39, 0.29) is 12.5 Å². The minimum Gasteiger partial charge on any atom is -0.395 e. The normalized spacial score (nSPS) is 11.0. The number of aliphatic hydroxyl groups excluding tert-OH is 1. The molecule has 0 aliphatic rings. The van der Waals surface area contributed by atoms with Gasteiger partial charge in [-0.3, -0.25) is 0 Å². The van der Waals surface area contributed by atoms with Gasteiger partial charge >= 0.3 is 0 Å². The van der Waals surface area contributed by atoms with Gasteiger partial charge in [-0.05, 0) is 12.3 Å². The number of halogens is 1. The molecule has 0 fully saturated rings. The fourth-order valence-electron chi connectivity index (χ4n) is 1.91. The minimum atomic E-state index is 0.114. The van der Waals surface area contributed by atoms with Crippen LogP contribution in [0.2, 0.25) is 5.15 Å². The summed E-state index contributed by atoms with van der Waals surface area (Å²) in [4.78, 5) is 10.5. The molecular weight excluding hydrogens is 250 g/mol. The third-order valence-corrected chi connectivity index (χ3v) is 3.14. The smallest absolute Gasteiger partial charge is 0.138 e. The van der Waals surface area contributed by atoms with Crippen LogP contribution >= 0.6 is 11.6 Å². The highest BCUT2D eigenvalue weighted by Crippen LogP contribution is 2.30. The van der Waals surface area contributed by atoms with Crippen LogP contribution in [0.4, 0.5) is 5.82 Å². The van der Waals surface area contributed by atoms with Gasteiger partial charge in [0.25, 0.3) is 0 Å². The molecule has 0 saturated heterocycles. The van der Waals surface area contributed by atoms with Gasteiger partial charge in [-0.15, -0.1) is 0 Å². The van der Waals surface area contributed by atoms with Crippen molar-refractivity contribution < 1.29 is 5.11 Å². The molecule has 102 valence electrons. The molecule has 5 heteroatoms. The molecule has 0 saturated carbocycles. The van der Waals surface area contributed by atoms with Gasteiger partial charge in [0.15, 0.2) is 0 Å². The van der Waals surface area contributed by atoms with E-state index in [9.17, 15) is 5.11 Å². The largest absolute Gasteiger partial charge is 0.395 e. The number of nitrogens with zero attached hydrogens (tertiary/aromatic N) is 3. The molecule has 4 nitrogen and oxygen atoms in total. The molecule has 0 aromatic carbocycles. The lowest BCUT2D eigenvalue weighted by atomic mass is 10.1. The molecule has 1 N–H and O–H groups in total. The zero-order valence-electron chi connectivity index (χ0n) is 11.4. The SMILES string of the molecule is CCCCN(CCO)c1ncnc(Cl)c1C(C)C. The summed E-state index contributed by atoms with van der Waals surface area (Å²) in [6.07, 6.45) is 3.66. The van der Waals surface area contributed by atoms with Gasteiger partial charge in [-0.1, -0.05) is 38.8 Å². The summed E-state index contributed by atoms with van der Waals surface area (Å²) in [7, 11) is 0. The Hall–Kier alpha value is -0.870. The second-order valence-corrected chi connectivity index (χ2v) is 4.98. The summed E-state index contributed by atoms with van der Waals surface area (Å²) < 4.78 is 0. The maximum Gasteiger partial charge on any atom is 0.138 e. The monoisotopic (exact) mass is 271 g/mol. The van der Waals surface area contributed by atoms with Crippen molar-refractivity contribution in [3.8, 4) is 0 Å². The summed E-state index contributed by atoms with van der Waals surface area (Å²) in [6, 6.07) is 0. The first kappa shape index (κ1) is 15.2. The predicted octanol–water partition coefficient (Wildman–Crippen LogP) is 2.85. The third kappa shape index (κ3) is 3.82. The number of aliphatic hydroxyl groups is 1. The highest BCUT2D eigenvalue weighted by atomic mass is 35.5. The quantitative estimate of drug-likeness (QED) is 0.775. The molecule has 0 amide bonds. The fourth-order valence-corrected chi connectivity index (χ4v) is 2.25. The Bertz CT molecular complexity index is 371. The Kier molecular flexibility index (Phi) is 6.36. The lowest BCUT2D eigenvalue weighted by Gasteiger charge is -2.26. The fraction of sp³-hybridized carbons (Fsp3) is 0.692. The molecule has 18 heavy (non-hydrogen) atoms. The topological polar surface area (TPSA) is 49.2 Å². The van der Waals surface area contributed by atoms with E-state index >= 15 is 0 Å². The van der Waals surface area contributed by atoms with E-state index < -0.39 is 0 Å². The van der Waals surface area contributed by atoms with Gasteiger partial charge in [-0.25, -0.2) is 9.97 Å². The molecule has 0 bridgehead atoms. The first-order valence-corrected chi connectivity index (χ1v) is 6.85. The van der Waals surface area contributed by atoms with E-state index in [0.717, 1.165) is 30.8 Å². The Morgan fingerprint density at radius 1 is 1.33 bits per heavy atom. The molecule has 0 unspecified atom stereocenters. The van der Waals surface area contributed by atoms with Crippen molar-refractivity contribution in [3.05, 3.63) is 17.0 Å². The molecule has 0 radical (unpaired) electrons. The Labute approximate surface area is 114 Å². The van der Waals surface area contributed by atoms with Crippen molar-refractivity contribution in [1.82, 2.24) is 9.97 Å². The van der Waals surface area contributed by atoms with Crippen molar-refractivity contribution in [2.24, 2.45) is 0 Å². The van der Waals surface area contributed by atoms with Crippen LogP contribution in [0.3, 0.4) is 0 Å². The molecule has 0 aliphatic carbocycles. The lowest BCUT2D eigenvalue weighted by Crippen LogP contribution is -2.30. The number of unbranched alkanes of at least 4 members (excludes halogenated alkanes) is 1. The van der Waals surface area contributed by atoms with Crippen molar-refractivity contribution in [2.75, 3.05) is 24.6 Å². The summed E-state index contributed by atoms with van der Waals surface area (Å²) in [6.45, 7) is 7.86. The summed E-state index contributed by atoms with van der Waals surface area (Å²) >= 11 is 6.16. The Morgan fingerprint density at radius 2 is 2.06 bits per heavy atom. The van der Waals surface area contributed by atoms with Crippen molar-refractivity contribution in [3.63, 3.8) is 0 Å². The van der Waals surface area contributed by atoms with Crippen LogP contribution in [0.15, 0.2) is 6.33 Å². The van der Waals surface area contributed by atoms with E-state index in [2.05, 4.69) is 35.6 Å². The van der Waals surface area contributed by atoms with E-state index in [1.165, 1.54) is 6.33 Å². The second kappa shape index (κ2) is 7.54. The summed E-state index contributed by atoms with van der Waals surface area (Å²) in [5.41, 5.74) is 0.962. The molecule has 0 atom stereocenters. The van der Waals surface area contributed by atoms with Crippen LogP contribution < -0.4 is 4.90 Å². The number of hydrogen-bond donors (Lipinski definition) is 1. The molecule has 1 aromatic heterocycles. The van der Waals surface area contributed by atoms with Crippen molar-refractivity contribution in [1.29, 1.82) is 0 Å². The van der Waals surface area contributed by atoms with Crippen LogP contribution in [0.1, 0.15) is 45.1 Å². The van der Waals surface area contributed by atoms with Gasteiger partial charge < -0.3 is 10.0 Å². The summed E-state index contributed by atoms with van der Waals surface area (Å²) in [5.74, 6) is 1.11. The minimum absolute atomic E-state index is 0.114. The number of rotatable bonds is 7. The Balaban J connectivity index is 3.06. The molecule has 1 heterocycles. The first-order valence-electron chi connectivity index (χ1n) is 6.48. The van der Waals surface area contributed by atoms with Gasteiger partial charge in [0.05, 0.1) is 6.61 Å². The third-order valence-electron chi connectivity index (χ3n) is 2.84. The van der Waals surface area contributed by atoms with Crippen LogP contribution in [0, 0.1) is 0 Å². The van der Waals surface area contributed by atoms with Gasteiger partial charge in [0, 0.05) is 18.7 Å². The Morgan fingerprint density at radius 3 is 2.61 bits per heavy atom. The van der Waals surface area contributed by atoms with E-state index in [1.54, 1.807) is 0 Å². The maximum absolute atomic E-state index is 9.18. The highest BCUT2D eigenvalue weighted by molar-refractivity contribution is 6.30. The predicted molar refractivity (Wildman–Crippen MR) is 75.3 cm³/mol. The standard InChI is InChI=1S/C13H22ClN3O/c1-4-5-6-17(7-8-18)13-11(10(2)3)12(14)15-9-16-13/h9-10,18H,4-8H2,1-3H3. The first-order chi connectivity index (χ1) is 8.61. The van der Waals surface area contributed by atoms with Crippen LogP contribution in [0.25, 0.3) is 0 Å². The van der Waals surface area contributed by atoms with Crippen LogP contribution in [0.5, 0.6) is 0 Å². The average Bonchev–Trinajstić information content (AvgIpc) is 2.33. The number of aromatic nitrogens is 2. The zero-order valence-corrected chi connectivity index (χ0v) is 12.1. The van der Waals surface area contributed by atoms with Crippen molar-refractivity contribution in [2.45, 2.75) is 39.5 Å². The molecular formula is C13H22ClN3O. The zero-order chi connectivity index (χ0) is 13.5. The van der Waals surface area contributed by atoms with Crippen LogP contribution in [-0.2, 0) is 0 Å². The summed E-state index contributed by atoms with van der Waals surface area (Å²) in [5, 5.41) is 9.69. The van der Waals surface area contributed by atoms with Gasteiger partial charge in [0.1, 0.15) is 17.3 Å². The highest BCUT2D eigenvalue weighted by Gasteiger charge is 2.18. The van der Waals surface area contributed by atoms with Crippen molar-refractivity contribution >= 4 is 17.4 Å². The van der Waals surface area contributed by atoms with E-state index in [4.69, 9.17) is 11.6 Å². The van der Waals surface area contributed by atoms with E-state index in [1.807, 2.05) is 0 Å². The maximum atomic E-state index is 9.18. The average molecular weight is 272 g/mol. The molecule has 0 spiro atoms. The number of hydrogen-bond acceptors (Lipinski definition) is 4.